The highest BCUT2D eigenvalue weighted by atomic mass is 32.1. The molecular formula is C15H19FN2OS. The molecule has 2 aromatic rings. The highest BCUT2D eigenvalue weighted by Gasteiger charge is 2.12. The molecule has 0 saturated heterocycles. The molecule has 0 aliphatic heterocycles. The van der Waals surface area contributed by atoms with Crippen LogP contribution in [-0.2, 0) is 17.9 Å². The number of hydrogen-bond acceptors (Lipinski definition) is 4. The zero-order valence-electron chi connectivity index (χ0n) is 11.8. The molecule has 0 aliphatic rings. The molecule has 0 fully saturated rings. The van der Waals surface area contributed by atoms with Crippen LogP contribution in [0, 0.1) is 5.82 Å². The van der Waals surface area contributed by atoms with E-state index in [9.17, 15) is 4.39 Å². The van der Waals surface area contributed by atoms with Crippen molar-refractivity contribution in [3.63, 3.8) is 0 Å². The van der Waals surface area contributed by atoms with Crippen molar-refractivity contribution in [2.75, 3.05) is 13.7 Å². The lowest BCUT2D eigenvalue weighted by Crippen LogP contribution is -2.14. The number of nitrogens with one attached hydrogen (secondary N) is 1. The van der Waals surface area contributed by atoms with Crippen LogP contribution in [0.25, 0.3) is 10.6 Å². The molecule has 0 amide bonds. The Balaban J connectivity index is 2.21. The van der Waals surface area contributed by atoms with Gasteiger partial charge in [0.25, 0.3) is 0 Å². The van der Waals surface area contributed by atoms with Gasteiger partial charge in [0.2, 0.25) is 0 Å². The molecule has 20 heavy (non-hydrogen) atoms. The van der Waals surface area contributed by atoms with E-state index in [0.29, 0.717) is 6.61 Å². The van der Waals surface area contributed by atoms with Gasteiger partial charge in [0.05, 0.1) is 12.3 Å². The van der Waals surface area contributed by atoms with Gasteiger partial charge in [-0.3, -0.25) is 0 Å². The Morgan fingerprint density at radius 2 is 2.05 bits per heavy atom. The first kappa shape index (κ1) is 15.1. The Morgan fingerprint density at radius 1 is 1.30 bits per heavy atom. The molecule has 2 rings (SSSR count). The molecule has 0 saturated carbocycles. The third-order valence-electron chi connectivity index (χ3n) is 2.86. The smallest absolute Gasteiger partial charge is 0.124 e. The number of benzene rings is 1. The van der Waals surface area contributed by atoms with E-state index in [1.54, 1.807) is 30.6 Å². The first-order valence-corrected chi connectivity index (χ1v) is 7.50. The second kappa shape index (κ2) is 7.47. The highest BCUT2D eigenvalue weighted by Crippen LogP contribution is 2.28. The second-order valence-corrected chi connectivity index (χ2v) is 5.59. The molecule has 5 heteroatoms. The molecule has 1 heterocycles. The number of nitrogens with zero attached hydrogens (tertiary/aromatic N) is 1. The lowest BCUT2D eigenvalue weighted by Gasteiger charge is -2.02. The summed E-state index contributed by atoms with van der Waals surface area (Å²) in [5.74, 6) is -0.229. The summed E-state index contributed by atoms with van der Waals surface area (Å²) in [7, 11) is 1.67. The number of ether oxygens (including phenoxy) is 1. The minimum atomic E-state index is -0.229. The normalized spacial score (nSPS) is 10.9. The third-order valence-corrected chi connectivity index (χ3v) is 4.01. The van der Waals surface area contributed by atoms with E-state index >= 15 is 0 Å². The SMILES string of the molecule is CCCNCc1sc(-c2ccc(F)cc2)nc1COC. The van der Waals surface area contributed by atoms with Gasteiger partial charge in [-0.05, 0) is 37.2 Å². The molecule has 1 N–H and O–H groups in total. The van der Waals surface area contributed by atoms with E-state index in [1.165, 1.54) is 17.0 Å². The van der Waals surface area contributed by atoms with Gasteiger partial charge in [-0.1, -0.05) is 6.92 Å². The van der Waals surface area contributed by atoms with Crippen LogP contribution in [-0.4, -0.2) is 18.6 Å². The van der Waals surface area contributed by atoms with Gasteiger partial charge in [0.1, 0.15) is 10.8 Å². The summed E-state index contributed by atoms with van der Waals surface area (Å²) in [4.78, 5) is 5.79. The Morgan fingerprint density at radius 3 is 2.70 bits per heavy atom. The van der Waals surface area contributed by atoms with Crippen LogP contribution in [0.4, 0.5) is 4.39 Å². The molecule has 0 aliphatic carbocycles. The molecule has 108 valence electrons. The standard InChI is InChI=1S/C15H19FN2OS/c1-3-8-17-9-14-13(10-19-2)18-15(20-14)11-4-6-12(16)7-5-11/h4-7,17H,3,8-10H2,1-2H3. The fourth-order valence-electron chi connectivity index (χ4n) is 1.87. The Labute approximate surface area is 122 Å². The van der Waals surface area contributed by atoms with Gasteiger partial charge in [-0.15, -0.1) is 11.3 Å². The van der Waals surface area contributed by atoms with Crippen molar-refractivity contribution in [2.24, 2.45) is 0 Å². The first-order valence-electron chi connectivity index (χ1n) is 6.68. The summed E-state index contributed by atoms with van der Waals surface area (Å²) in [6, 6.07) is 6.44. The number of aromatic nitrogens is 1. The van der Waals surface area contributed by atoms with Crippen molar-refractivity contribution >= 4 is 11.3 Å². The molecule has 0 spiro atoms. The molecule has 3 nitrogen and oxygen atoms in total. The number of thiazole rings is 1. The summed E-state index contributed by atoms with van der Waals surface area (Å²) in [5, 5.41) is 4.29. The minimum absolute atomic E-state index is 0.229. The second-order valence-electron chi connectivity index (χ2n) is 4.51. The third kappa shape index (κ3) is 3.85. The van der Waals surface area contributed by atoms with Crippen LogP contribution in [0.3, 0.4) is 0 Å². The van der Waals surface area contributed by atoms with Crippen LogP contribution in [0.15, 0.2) is 24.3 Å². The van der Waals surface area contributed by atoms with Crippen LogP contribution >= 0.6 is 11.3 Å². The Bertz CT molecular complexity index is 539. The average molecular weight is 294 g/mol. The maximum Gasteiger partial charge on any atom is 0.124 e. The summed E-state index contributed by atoms with van der Waals surface area (Å²) >= 11 is 1.63. The lowest BCUT2D eigenvalue weighted by molar-refractivity contribution is 0.181. The largest absolute Gasteiger partial charge is 0.378 e. The van der Waals surface area contributed by atoms with E-state index < -0.39 is 0 Å². The van der Waals surface area contributed by atoms with Crippen LogP contribution in [0.5, 0.6) is 0 Å². The minimum Gasteiger partial charge on any atom is -0.378 e. The van der Waals surface area contributed by atoms with E-state index in [4.69, 9.17) is 4.74 Å². The van der Waals surface area contributed by atoms with E-state index in [-0.39, 0.29) is 5.82 Å². The molecule has 0 bridgehead atoms. The lowest BCUT2D eigenvalue weighted by atomic mass is 10.2. The highest BCUT2D eigenvalue weighted by molar-refractivity contribution is 7.15. The van der Waals surface area contributed by atoms with Crippen molar-refractivity contribution in [3.8, 4) is 10.6 Å². The van der Waals surface area contributed by atoms with Gasteiger partial charge in [0, 0.05) is 24.1 Å². The zero-order valence-corrected chi connectivity index (χ0v) is 12.6. The predicted molar refractivity (Wildman–Crippen MR) is 80.2 cm³/mol. The monoisotopic (exact) mass is 294 g/mol. The van der Waals surface area contributed by atoms with Crippen molar-refractivity contribution in [1.29, 1.82) is 0 Å². The summed E-state index contributed by atoms with van der Waals surface area (Å²) in [5.41, 5.74) is 1.90. The van der Waals surface area contributed by atoms with E-state index in [0.717, 1.165) is 35.8 Å². The summed E-state index contributed by atoms with van der Waals surface area (Å²) < 4.78 is 18.2. The van der Waals surface area contributed by atoms with Crippen molar-refractivity contribution in [1.82, 2.24) is 10.3 Å². The Hall–Kier alpha value is -1.30. The number of halogens is 1. The number of hydrogen-bond donors (Lipinski definition) is 1. The average Bonchev–Trinajstić information content (AvgIpc) is 2.84. The van der Waals surface area contributed by atoms with Crippen molar-refractivity contribution < 1.29 is 9.13 Å². The topological polar surface area (TPSA) is 34.2 Å². The van der Waals surface area contributed by atoms with Crippen LogP contribution < -0.4 is 5.32 Å². The van der Waals surface area contributed by atoms with Gasteiger partial charge >= 0.3 is 0 Å². The molecule has 0 unspecified atom stereocenters. The van der Waals surface area contributed by atoms with Gasteiger partial charge < -0.3 is 10.1 Å². The van der Waals surface area contributed by atoms with Crippen molar-refractivity contribution in [2.45, 2.75) is 26.5 Å². The van der Waals surface area contributed by atoms with Crippen molar-refractivity contribution in [3.05, 3.63) is 40.7 Å². The molecule has 1 aromatic carbocycles. The number of rotatable bonds is 7. The fourth-order valence-corrected chi connectivity index (χ4v) is 2.91. The molecule has 1 aromatic heterocycles. The van der Waals surface area contributed by atoms with Gasteiger partial charge in [-0.25, -0.2) is 9.37 Å². The molecule has 0 radical (unpaired) electrons. The maximum atomic E-state index is 13.0. The molecule has 0 atom stereocenters. The number of methoxy groups -OCH3 is 1. The predicted octanol–water partition coefficient (Wildman–Crippen LogP) is 3.60. The van der Waals surface area contributed by atoms with Gasteiger partial charge in [0.15, 0.2) is 0 Å². The zero-order chi connectivity index (χ0) is 14.4. The van der Waals surface area contributed by atoms with E-state index in [1.807, 2.05) is 0 Å². The maximum absolute atomic E-state index is 13.0. The van der Waals surface area contributed by atoms with Crippen LogP contribution in [0.2, 0.25) is 0 Å². The quantitative estimate of drug-likeness (QED) is 0.792. The molecular weight excluding hydrogens is 275 g/mol. The summed E-state index contributed by atoms with van der Waals surface area (Å²) in [6.07, 6.45) is 1.10. The van der Waals surface area contributed by atoms with Crippen LogP contribution in [0.1, 0.15) is 23.9 Å². The van der Waals surface area contributed by atoms with Gasteiger partial charge in [-0.2, -0.15) is 0 Å². The Kier molecular flexibility index (Phi) is 5.64. The first-order chi connectivity index (χ1) is 9.74. The summed E-state index contributed by atoms with van der Waals surface area (Å²) in [6.45, 7) is 4.42. The fraction of sp³-hybridized carbons (Fsp3) is 0.400. The van der Waals surface area contributed by atoms with E-state index in [2.05, 4.69) is 17.2 Å².